The largest absolute Gasteiger partial charge is 0.212 e. The van der Waals surface area contributed by atoms with E-state index in [0.29, 0.717) is 100 Å². The molecule has 12 aromatic rings. The second-order valence-corrected chi connectivity index (χ2v) is 31.7. The van der Waals surface area contributed by atoms with Crippen molar-refractivity contribution < 1.29 is 98.7 Å². The van der Waals surface area contributed by atoms with Crippen LogP contribution in [0.1, 0.15) is 365 Å². The number of benzene rings is 6. The molecular formula is C114H156N6+6. The van der Waals surface area contributed by atoms with Crippen molar-refractivity contribution >= 4 is 0 Å². The molecule has 7 unspecified atom stereocenters. The molecule has 12 rings (SSSR count). The summed E-state index contributed by atoms with van der Waals surface area (Å²) in [5.41, 5.74) is 19.1. The van der Waals surface area contributed by atoms with Crippen molar-refractivity contribution in [1.29, 1.82) is 0 Å². The van der Waals surface area contributed by atoms with Crippen LogP contribution in [0, 0.1) is 145 Å². The fourth-order valence-corrected chi connectivity index (χ4v) is 14.2. The molecule has 6 aromatic carbocycles. The second-order valence-electron chi connectivity index (χ2n) is 31.7. The number of aromatic nitrogens is 6. The summed E-state index contributed by atoms with van der Waals surface area (Å²) >= 11 is 0. The smallest absolute Gasteiger partial charge is 0.201 e. The summed E-state index contributed by atoms with van der Waals surface area (Å²) in [5, 5.41) is 0. The summed E-state index contributed by atoms with van der Waals surface area (Å²) in [6, 6.07) is 33.1. The highest BCUT2D eigenvalue weighted by atomic mass is 14.9. The minimum Gasteiger partial charge on any atom is -0.201 e. The second kappa shape index (κ2) is 41.7. The summed E-state index contributed by atoms with van der Waals surface area (Å²) in [6.45, 7) is -5.22. The maximum atomic E-state index is 8.56. The molecule has 0 spiro atoms. The predicted molar refractivity (Wildman–Crippen MR) is 516 cm³/mol. The Kier molecular flexibility index (Phi) is 16.1. The highest BCUT2D eigenvalue weighted by Gasteiger charge is 2.25. The molecule has 0 fully saturated rings. The van der Waals surface area contributed by atoms with E-state index in [1.165, 1.54) is 89.0 Å². The Morgan fingerprint density at radius 2 is 0.467 bits per heavy atom. The third-order valence-corrected chi connectivity index (χ3v) is 21.6. The molecule has 0 saturated carbocycles. The molecule has 0 amide bonds. The maximum absolute atomic E-state index is 8.56. The van der Waals surface area contributed by atoms with E-state index in [4.69, 9.17) is 71.3 Å². The number of hydrogen-bond acceptors (Lipinski definition) is 0. The molecule has 6 heteroatoms. The van der Waals surface area contributed by atoms with Gasteiger partial charge in [-0.1, -0.05) is 133 Å². The van der Waals surface area contributed by atoms with E-state index in [1.807, 2.05) is 75.7 Å². The summed E-state index contributed by atoms with van der Waals surface area (Å²) in [5.74, 6) is -13.7. The zero-order chi connectivity index (χ0) is 134. The van der Waals surface area contributed by atoms with E-state index >= 15 is 0 Å². The van der Waals surface area contributed by atoms with Gasteiger partial charge in [0.05, 0.1) is 0 Å². The Bertz CT molecular complexity index is 7740. The van der Waals surface area contributed by atoms with Crippen molar-refractivity contribution in [1.82, 2.24) is 0 Å². The molecule has 0 N–H and O–H groups in total. The number of aryl methyl sites for hydroxylation is 27. The van der Waals surface area contributed by atoms with Crippen LogP contribution >= 0.6 is 0 Å². The van der Waals surface area contributed by atoms with E-state index in [2.05, 4.69) is 0 Å². The Hall–Kier alpha value is -9.78. The van der Waals surface area contributed by atoms with Crippen molar-refractivity contribution in [2.75, 3.05) is 0 Å². The number of pyridine rings is 6. The Labute approximate surface area is 803 Å². The van der Waals surface area contributed by atoms with Crippen LogP contribution in [0.15, 0.2) is 159 Å². The van der Waals surface area contributed by atoms with Crippen molar-refractivity contribution in [2.45, 2.75) is 283 Å². The van der Waals surface area contributed by atoms with E-state index in [9.17, 15) is 0 Å². The lowest BCUT2D eigenvalue weighted by atomic mass is 9.90. The third kappa shape index (κ3) is 23.9. The monoisotopic (exact) mass is 1660 g/mol. The summed E-state index contributed by atoms with van der Waals surface area (Å²) in [7, 11) is 10.4. The van der Waals surface area contributed by atoms with Crippen LogP contribution in [0.3, 0.4) is 0 Å². The average molecular weight is 1660 g/mol. The summed E-state index contributed by atoms with van der Waals surface area (Å²) in [6.07, 6.45) is 9.33. The van der Waals surface area contributed by atoms with Gasteiger partial charge in [-0.3, -0.25) is 0 Å². The zero-order valence-electron chi connectivity index (χ0n) is 127. The van der Waals surface area contributed by atoms with Gasteiger partial charge in [0.25, 0.3) is 0 Å². The first kappa shape index (κ1) is 46.5. The van der Waals surface area contributed by atoms with Crippen molar-refractivity contribution in [3.63, 3.8) is 0 Å². The fraction of sp³-hybridized carbons (Fsp3) is 0.421. The maximum Gasteiger partial charge on any atom is 0.212 e. The van der Waals surface area contributed by atoms with Gasteiger partial charge in [-0.2, -0.15) is 0 Å². The van der Waals surface area contributed by atoms with Gasteiger partial charge in [0.15, 0.2) is 37.2 Å². The topological polar surface area (TPSA) is 23.3 Å². The lowest BCUT2D eigenvalue weighted by Crippen LogP contribution is -2.32. The van der Waals surface area contributed by atoms with Gasteiger partial charge < -0.3 is 0 Å². The van der Waals surface area contributed by atoms with E-state index in [0.717, 1.165) is 86.7 Å². The average Bonchev–Trinajstić information content (AvgIpc) is 0.764. The molecule has 0 bridgehead atoms. The summed E-state index contributed by atoms with van der Waals surface area (Å²) in [4.78, 5) is 0. The van der Waals surface area contributed by atoms with Gasteiger partial charge in [-0.25, -0.2) is 27.4 Å². The Morgan fingerprint density at radius 1 is 0.200 bits per heavy atom. The van der Waals surface area contributed by atoms with Gasteiger partial charge in [0.1, 0.15) is 42.3 Å². The molecule has 0 aliphatic rings. The fourth-order valence-electron chi connectivity index (χ4n) is 14.2. The molecule has 0 aliphatic heterocycles. The van der Waals surface area contributed by atoms with E-state index in [-0.39, 0.29) is 50.2 Å². The van der Waals surface area contributed by atoms with Crippen LogP contribution < -0.4 is 27.4 Å². The highest BCUT2D eigenvalue weighted by molar-refractivity contribution is 5.69. The molecule has 0 saturated heterocycles. The van der Waals surface area contributed by atoms with Crippen molar-refractivity contribution in [3.8, 4) is 67.5 Å². The normalized spacial score (nSPS) is 22.6. The first-order valence-corrected chi connectivity index (χ1v) is 39.4. The SMILES string of the molecule is [2H]C([2H])([2H])C([2H])(C)c1ccc(-c2cc(C)c(C([2H])(C)C([2H])([2H])[2H])cc2C)[n+](C)c1.[2H]C([2H])([2H])c1c[n+](C)c(-c2cc(C([2H])(C)C([2H])([2H])[2H])c(C([2H])([2H])[2H])cc2C)cc1C.[2H]C([2H])([2H])c1c[n+](C)c(-c2cc(C)c(C([2H])(C)C([2H])([2H])[2H])cc2C)cc1C.[2H]C([2H])([2H])c1cc(C)c(-c2cc(C([2H])(C)C([2H])([2H])[2H])c(C([2H])([2H])[2H])c[n+]2C)cc1C([2H])(C)C([2H])([2H])[2H].[2H]C([2H])([2H])c1cc(C)c(-c2cc(C([2H])(C)C([2H])([2H])[2H])cc[n+]2C)cc1C.[2H]C([2H])([2H])c1cc(C)c(-c2cc(C)c(C([2H])([2H])[2H])c[n+]2C)cc1C. The van der Waals surface area contributed by atoms with Crippen LogP contribution in [-0.4, -0.2) is 0 Å². The standard InChI is InChI=1S/C21H30N.C20H28N.2C19H26N.C18H24N.C17H22N/c1-13(2)18-10-20(16(6)9-15(18)5)21-11-19(14(3)4)17(7)12-22(21)8;1-13(2)17-8-9-20(21(7)12-17)19-11-15(5)18(14(3)4)10-16(19)6;1-12(2)17-8-15(5)18(9-14(17)4)19-10-13(3)16(6)11-20(19)7;1-12(2)17-10-18(15(5)8-14(17)4)19-9-13(3)16(6)11-20(19)7;1-12(2)16-7-8-19(6)18(11-16)17-10-14(4)13(3)9-15(17)5;1-11-7-14(4)16(8-12(11)2)17-9-13(3)15(5)10-18(17)6/h9-14H,1-8H3;8-14H,1-7H3;2*8-12H,1-7H3;7-12H,1-6H3;7-10H,1-6H3/q6*+1/i1D3,3D3,5D3,7D3,13D,14D;1D3,3D3,13D,14D;1D3,6D3,12D;1D3,4D3,6D3,12D;1D3,3D3,12D;1D3,5D3. The van der Waals surface area contributed by atoms with Crippen LogP contribution in [0.5, 0.6) is 0 Å². The molecule has 7 atom stereocenters. The number of rotatable bonds is 13. The van der Waals surface area contributed by atoms with Crippen molar-refractivity contribution in [3.05, 3.63) is 314 Å². The molecule has 6 heterocycles. The minimum absolute atomic E-state index is 0.0966. The highest BCUT2D eigenvalue weighted by Crippen LogP contribution is 2.36. The van der Waals surface area contributed by atoms with E-state index in [1.54, 1.807) is 188 Å². The first-order chi connectivity index (χ1) is 76.5. The van der Waals surface area contributed by atoms with Crippen LogP contribution in [-0.2, 0) is 42.3 Å². The third-order valence-electron chi connectivity index (χ3n) is 21.6. The lowest BCUT2D eigenvalue weighted by molar-refractivity contribution is -0.661. The predicted octanol–water partition coefficient (Wildman–Crippen LogP) is 27.4. The van der Waals surface area contributed by atoms with Crippen LogP contribution in [0.25, 0.3) is 67.5 Å². The molecule has 120 heavy (non-hydrogen) atoms. The van der Waals surface area contributed by atoms with Crippen LogP contribution in [0.2, 0.25) is 0 Å². The molecule has 0 radical (unpaired) electrons. The minimum atomic E-state index is -2.88. The van der Waals surface area contributed by atoms with Gasteiger partial charge in [0.2, 0.25) is 34.2 Å². The molecule has 0 aliphatic carbocycles. The number of nitrogens with zero attached hydrogens (tertiary/aromatic N) is 6. The van der Waals surface area contributed by atoms with Gasteiger partial charge in [-0.05, 0) is 357 Å². The Morgan fingerprint density at radius 3 is 0.817 bits per heavy atom. The first-order valence-electron chi connectivity index (χ1n) is 65.4. The molecule has 636 valence electrons. The van der Waals surface area contributed by atoms with Gasteiger partial charge in [-0.15, -0.1) is 0 Å². The lowest BCUT2D eigenvalue weighted by Gasteiger charge is -2.16. The zero-order valence-corrected chi connectivity index (χ0v) is 74.7. The Balaban J connectivity index is 0.000000277. The van der Waals surface area contributed by atoms with E-state index < -0.39 is 144 Å². The quantitative estimate of drug-likeness (QED) is 0.103. The van der Waals surface area contributed by atoms with Gasteiger partial charge >= 0.3 is 0 Å². The van der Waals surface area contributed by atoms with Gasteiger partial charge in [0, 0.05) is 175 Å². The van der Waals surface area contributed by atoms with Crippen LogP contribution in [0.4, 0.5) is 0 Å². The number of hydrogen-bond donors (Lipinski definition) is 0. The summed E-state index contributed by atoms with van der Waals surface area (Å²) < 4.78 is 417. The van der Waals surface area contributed by atoms with Crippen molar-refractivity contribution in [2.24, 2.45) is 42.3 Å². The molecule has 6 nitrogen and oxygen atoms in total. The molecule has 6 aromatic heterocycles. The molecular weight excluding hydrogens is 1450 g/mol.